The van der Waals surface area contributed by atoms with Crippen LogP contribution in [0.2, 0.25) is 0 Å². The van der Waals surface area contributed by atoms with E-state index in [1.807, 2.05) is 0 Å². The number of hydrogen-bond acceptors (Lipinski definition) is 4. The van der Waals surface area contributed by atoms with E-state index in [9.17, 15) is 18.8 Å². The lowest BCUT2D eigenvalue weighted by molar-refractivity contribution is -0.115. The van der Waals surface area contributed by atoms with Crippen molar-refractivity contribution in [3.8, 4) is 0 Å². The van der Waals surface area contributed by atoms with Crippen LogP contribution in [-0.4, -0.2) is 36.0 Å². The zero-order valence-electron chi connectivity index (χ0n) is 16.5. The van der Waals surface area contributed by atoms with Gasteiger partial charge in [-0.3, -0.25) is 14.4 Å². The molecule has 8 heteroatoms. The molecule has 2 aromatic rings. The molecule has 1 aromatic carbocycles. The quantitative estimate of drug-likeness (QED) is 0.715. The first-order valence-electron chi connectivity index (χ1n) is 9.63. The van der Waals surface area contributed by atoms with Crippen molar-refractivity contribution in [2.45, 2.75) is 32.7 Å². The summed E-state index contributed by atoms with van der Waals surface area (Å²) in [7, 11) is 0. The van der Waals surface area contributed by atoms with Crippen molar-refractivity contribution in [3.63, 3.8) is 0 Å². The molecule has 0 spiro atoms. The van der Waals surface area contributed by atoms with Crippen LogP contribution in [0.1, 0.15) is 40.4 Å². The molecule has 0 radical (unpaired) electrons. The summed E-state index contributed by atoms with van der Waals surface area (Å²) in [5.41, 5.74) is 1.29. The molecular formula is C21H25FN4O3. The number of anilines is 1. The highest BCUT2D eigenvalue weighted by molar-refractivity contribution is 6.00. The lowest BCUT2D eigenvalue weighted by Gasteiger charge is -2.25. The van der Waals surface area contributed by atoms with E-state index >= 15 is 0 Å². The van der Waals surface area contributed by atoms with Crippen molar-refractivity contribution in [2.24, 2.45) is 0 Å². The first-order chi connectivity index (χ1) is 13.9. The number of rotatable bonds is 5. The van der Waals surface area contributed by atoms with Crippen molar-refractivity contribution < 1.29 is 14.0 Å². The average molecular weight is 400 g/mol. The van der Waals surface area contributed by atoms with Gasteiger partial charge >= 0.3 is 0 Å². The molecule has 1 fully saturated rings. The predicted octanol–water partition coefficient (Wildman–Crippen LogP) is 1.90. The van der Waals surface area contributed by atoms with Gasteiger partial charge in [-0.2, -0.15) is 0 Å². The Morgan fingerprint density at radius 2 is 1.90 bits per heavy atom. The molecule has 3 rings (SSSR count). The maximum atomic E-state index is 13.4. The summed E-state index contributed by atoms with van der Waals surface area (Å²) in [6.07, 6.45) is 3.36. The minimum absolute atomic E-state index is 0.0424. The number of piperidine rings is 1. The summed E-state index contributed by atoms with van der Waals surface area (Å²) in [5.74, 6) is -1.56. The van der Waals surface area contributed by atoms with Crippen LogP contribution in [0.5, 0.6) is 0 Å². The van der Waals surface area contributed by atoms with Crippen molar-refractivity contribution in [1.82, 2.24) is 15.2 Å². The van der Waals surface area contributed by atoms with Crippen LogP contribution in [0, 0.1) is 19.7 Å². The normalized spacial score (nSPS) is 14.4. The van der Waals surface area contributed by atoms with E-state index in [0.29, 0.717) is 16.8 Å². The molecule has 1 aromatic heterocycles. The van der Waals surface area contributed by atoms with Crippen molar-refractivity contribution in [2.75, 3.05) is 25.0 Å². The Labute approximate surface area is 168 Å². The molecule has 154 valence electrons. The van der Waals surface area contributed by atoms with Gasteiger partial charge in [0.05, 0.1) is 6.54 Å². The zero-order chi connectivity index (χ0) is 21.0. The number of halogens is 1. The smallest absolute Gasteiger partial charge is 0.263 e. The summed E-state index contributed by atoms with van der Waals surface area (Å²) in [6, 6.07) is 5.87. The van der Waals surface area contributed by atoms with Crippen molar-refractivity contribution in [3.05, 3.63) is 63.3 Å². The molecule has 1 aliphatic heterocycles. The van der Waals surface area contributed by atoms with Crippen molar-refractivity contribution >= 4 is 17.5 Å². The van der Waals surface area contributed by atoms with Crippen LogP contribution < -0.4 is 21.5 Å². The number of nitrogens with zero attached hydrogens (tertiary/aromatic N) is 1. The summed E-state index contributed by atoms with van der Waals surface area (Å²) >= 11 is 0. The van der Waals surface area contributed by atoms with Gasteiger partial charge in [0.2, 0.25) is 5.91 Å². The second-order valence-electron chi connectivity index (χ2n) is 7.26. The van der Waals surface area contributed by atoms with Gasteiger partial charge in [0.15, 0.2) is 0 Å². The lowest BCUT2D eigenvalue weighted by atomic mass is 10.0. The number of aromatic nitrogens is 1. The van der Waals surface area contributed by atoms with Gasteiger partial charge in [-0.25, -0.2) is 4.39 Å². The van der Waals surface area contributed by atoms with Gasteiger partial charge in [-0.15, -0.1) is 0 Å². The molecule has 1 aliphatic rings. The van der Waals surface area contributed by atoms with Crippen LogP contribution in [0.25, 0.3) is 0 Å². The van der Waals surface area contributed by atoms with E-state index in [1.165, 1.54) is 12.1 Å². The summed E-state index contributed by atoms with van der Waals surface area (Å²) in [4.78, 5) is 37.7. The number of carbonyl (C=O) groups excluding carboxylic acids is 2. The Bertz CT molecular complexity index is 980. The van der Waals surface area contributed by atoms with E-state index in [-0.39, 0.29) is 23.7 Å². The van der Waals surface area contributed by atoms with E-state index in [1.54, 1.807) is 36.7 Å². The van der Waals surface area contributed by atoms with Crippen LogP contribution in [0.4, 0.5) is 10.1 Å². The van der Waals surface area contributed by atoms with E-state index in [4.69, 9.17) is 0 Å². The molecule has 0 atom stereocenters. The first-order valence-corrected chi connectivity index (χ1v) is 9.63. The maximum Gasteiger partial charge on any atom is 0.263 e. The topological polar surface area (TPSA) is 92.2 Å². The SMILES string of the molecule is Cc1ccc(F)cc1NC(=O)CNC(=O)c1c(C)ccn(C2CCNCC2)c1=O. The second kappa shape index (κ2) is 9.00. The number of benzene rings is 1. The second-order valence-corrected chi connectivity index (χ2v) is 7.26. The molecule has 2 heterocycles. The van der Waals surface area contributed by atoms with Crippen LogP contribution in [0.15, 0.2) is 35.3 Å². The Morgan fingerprint density at radius 1 is 1.17 bits per heavy atom. The highest BCUT2D eigenvalue weighted by Crippen LogP contribution is 2.17. The summed E-state index contributed by atoms with van der Waals surface area (Å²) < 4.78 is 15.0. The van der Waals surface area contributed by atoms with Crippen LogP contribution in [-0.2, 0) is 4.79 Å². The maximum absolute atomic E-state index is 13.4. The van der Waals surface area contributed by atoms with Gasteiger partial charge in [-0.05, 0) is 69.1 Å². The standard InChI is InChI=1S/C21H25FN4O3/c1-13-3-4-15(22)11-17(13)25-18(27)12-24-20(28)19-14(2)7-10-26(21(19)29)16-5-8-23-9-6-16/h3-4,7,10-11,16,23H,5-6,8-9,12H2,1-2H3,(H,24,28)(H,25,27). The molecule has 3 N–H and O–H groups in total. The van der Waals surface area contributed by atoms with Gasteiger partial charge in [0, 0.05) is 17.9 Å². The third kappa shape index (κ3) is 4.89. The van der Waals surface area contributed by atoms with Gasteiger partial charge in [0.25, 0.3) is 11.5 Å². The number of pyridine rings is 1. The number of amides is 2. The summed E-state index contributed by atoms with van der Waals surface area (Å²) in [6.45, 7) is 4.76. The minimum atomic E-state index is -0.595. The fraction of sp³-hybridized carbons (Fsp3) is 0.381. The molecule has 0 aliphatic carbocycles. The highest BCUT2D eigenvalue weighted by Gasteiger charge is 2.21. The van der Waals surface area contributed by atoms with Crippen LogP contribution >= 0.6 is 0 Å². The fourth-order valence-electron chi connectivity index (χ4n) is 3.46. The molecule has 2 amide bonds. The molecule has 0 unspecified atom stereocenters. The van der Waals surface area contributed by atoms with Gasteiger partial charge in [-0.1, -0.05) is 6.07 Å². The largest absolute Gasteiger partial charge is 0.343 e. The monoisotopic (exact) mass is 400 g/mol. The molecule has 0 bridgehead atoms. The third-order valence-electron chi connectivity index (χ3n) is 5.14. The Kier molecular flexibility index (Phi) is 6.43. The minimum Gasteiger partial charge on any atom is -0.343 e. The average Bonchev–Trinajstić information content (AvgIpc) is 2.70. The zero-order valence-corrected chi connectivity index (χ0v) is 16.5. The van der Waals surface area contributed by atoms with Crippen LogP contribution in [0.3, 0.4) is 0 Å². The number of nitrogens with one attached hydrogen (secondary N) is 3. The van der Waals surface area contributed by atoms with Crippen molar-refractivity contribution in [1.29, 1.82) is 0 Å². The number of hydrogen-bond donors (Lipinski definition) is 3. The third-order valence-corrected chi connectivity index (χ3v) is 5.14. The lowest BCUT2D eigenvalue weighted by Crippen LogP contribution is -2.40. The predicted molar refractivity (Wildman–Crippen MR) is 109 cm³/mol. The van der Waals surface area contributed by atoms with E-state index in [2.05, 4.69) is 16.0 Å². The fourth-order valence-corrected chi connectivity index (χ4v) is 3.46. The Morgan fingerprint density at radius 3 is 2.62 bits per heavy atom. The summed E-state index contributed by atoms with van der Waals surface area (Å²) in [5, 5.41) is 8.31. The molecular weight excluding hydrogens is 375 g/mol. The van der Waals surface area contributed by atoms with Gasteiger partial charge in [0.1, 0.15) is 11.4 Å². The molecule has 7 nitrogen and oxygen atoms in total. The van der Waals surface area contributed by atoms with Gasteiger partial charge < -0.3 is 20.5 Å². The Balaban J connectivity index is 1.69. The van der Waals surface area contributed by atoms with E-state index < -0.39 is 17.6 Å². The molecule has 29 heavy (non-hydrogen) atoms. The Hall–Kier alpha value is -3.00. The molecule has 1 saturated heterocycles. The first kappa shape index (κ1) is 20.7. The number of aryl methyl sites for hydroxylation is 2. The van der Waals surface area contributed by atoms with E-state index in [0.717, 1.165) is 25.9 Å². The highest BCUT2D eigenvalue weighted by atomic mass is 19.1. The number of carbonyl (C=O) groups is 2. The molecule has 0 saturated carbocycles.